The van der Waals surface area contributed by atoms with Crippen molar-refractivity contribution in [3.63, 3.8) is 0 Å². The van der Waals surface area contributed by atoms with E-state index in [0.29, 0.717) is 6.04 Å². The summed E-state index contributed by atoms with van der Waals surface area (Å²) < 4.78 is 0. The molecule has 0 aromatic rings. The summed E-state index contributed by atoms with van der Waals surface area (Å²) in [6.45, 7) is 0. The molecule has 0 saturated heterocycles. The van der Waals surface area contributed by atoms with Crippen LogP contribution in [-0.2, 0) is 0 Å². The fourth-order valence-corrected chi connectivity index (χ4v) is 4.48. The van der Waals surface area contributed by atoms with Gasteiger partial charge in [0.15, 0.2) is 0 Å². The van der Waals surface area contributed by atoms with Crippen LogP contribution in [0.15, 0.2) is 0 Å². The molecule has 2 N–H and O–H groups in total. The van der Waals surface area contributed by atoms with Crippen molar-refractivity contribution in [3.8, 4) is 0 Å². The smallest absolute Gasteiger partial charge is 0.00753 e. The van der Waals surface area contributed by atoms with Crippen molar-refractivity contribution in [2.24, 2.45) is 29.4 Å². The lowest BCUT2D eigenvalue weighted by Gasteiger charge is -2.25. The molecule has 0 heterocycles. The zero-order valence-corrected chi connectivity index (χ0v) is 9.83. The van der Waals surface area contributed by atoms with Crippen LogP contribution < -0.4 is 5.73 Å². The second kappa shape index (κ2) is 4.08. The molecular weight excluding hydrogens is 182 g/mol. The van der Waals surface area contributed by atoms with Crippen molar-refractivity contribution in [3.05, 3.63) is 0 Å². The van der Waals surface area contributed by atoms with Crippen LogP contribution in [0, 0.1) is 23.7 Å². The molecular formula is C14H25N. The van der Waals surface area contributed by atoms with Gasteiger partial charge >= 0.3 is 0 Å². The molecule has 3 unspecified atom stereocenters. The fraction of sp³-hybridized carbons (Fsp3) is 1.00. The first-order valence-corrected chi connectivity index (χ1v) is 7.12. The minimum absolute atomic E-state index is 0.559. The van der Waals surface area contributed by atoms with Gasteiger partial charge in [-0.2, -0.15) is 0 Å². The van der Waals surface area contributed by atoms with Crippen molar-refractivity contribution >= 4 is 0 Å². The predicted octanol–water partition coefficient (Wildman–Crippen LogP) is 3.33. The fourth-order valence-electron chi connectivity index (χ4n) is 4.48. The van der Waals surface area contributed by atoms with Crippen molar-refractivity contribution in [1.29, 1.82) is 0 Å². The summed E-state index contributed by atoms with van der Waals surface area (Å²) in [5.41, 5.74) is 6.40. The van der Waals surface area contributed by atoms with Gasteiger partial charge in [-0.1, -0.05) is 38.5 Å². The molecule has 0 spiro atoms. The van der Waals surface area contributed by atoms with E-state index >= 15 is 0 Å². The summed E-state index contributed by atoms with van der Waals surface area (Å²) in [5.74, 6) is 4.04. The van der Waals surface area contributed by atoms with E-state index in [2.05, 4.69) is 0 Å². The Kier molecular flexibility index (Phi) is 2.76. The quantitative estimate of drug-likeness (QED) is 0.754. The van der Waals surface area contributed by atoms with Crippen molar-refractivity contribution in [2.75, 3.05) is 0 Å². The molecule has 3 aliphatic rings. The van der Waals surface area contributed by atoms with Gasteiger partial charge in [0.05, 0.1) is 0 Å². The molecule has 3 aliphatic carbocycles. The van der Waals surface area contributed by atoms with E-state index in [0.717, 1.165) is 23.7 Å². The molecule has 0 radical (unpaired) electrons. The van der Waals surface area contributed by atoms with E-state index < -0.39 is 0 Å². The summed E-state index contributed by atoms with van der Waals surface area (Å²) in [6, 6.07) is 0.559. The Hall–Kier alpha value is -0.0400. The minimum Gasteiger partial charge on any atom is -0.327 e. The maximum Gasteiger partial charge on any atom is 0.00753 e. The number of rotatable bonds is 3. The van der Waals surface area contributed by atoms with E-state index in [1.165, 1.54) is 57.8 Å². The zero-order chi connectivity index (χ0) is 10.3. The molecule has 0 aromatic heterocycles. The third kappa shape index (κ3) is 1.95. The lowest BCUT2D eigenvalue weighted by molar-refractivity contribution is 0.297. The molecule has 0 bridgehead atoms. The van der Waals surface area contributed by atoms with Gasteiger partial charge in [0.25, 0.3) is 0 Å². The van der Waals surface area contributed by atoms with Gasteiger partial charge in [0.1, 0.15) is 0 Å². The van der Waals surface area contributed by atoms with Crippen LogP contribution in [0.5, 0.6) is 0 Å². The van der Waals surface area contributed by atoms with E-state index in [9.17, 15) is 0 Å². The Morgan fingerprint density at radius 3 is 2.20 bits per heavy atom. The number of nitrogens with two attached hydrogens (primary N) is 1. The molecule has 15 heavy (non-hydrogen) atoms. The molecule has 86 valence electrons. The molecule has 0 aliphatic heterocycles. The van der Waals surface area contributed by atoms with Crippen LogP contribution in [0.4, 0.5) is 0 Å². The maximum absolute atomic E-state index is 6.40. The highest BCUT2D eigenvalue weighted by atomic mass is 14.7. The van der Waals surface area contributed by atoms with E-state index in [1.54, 1.807) is 0 Å². The van der Waals surface area contributed by atoms with Gasteiger partial charge in [-0.3, -0.25) is 0 Å². The van der Waals surface area contributed by atoms with Gasteiger partial charge in [-0.05, 0) is 42.9 Å². The van der Waals surface area contributed by atoms with Gasteiger partial charge < -0.3 is 5.73 Å². The predicted molar refractivity (Wildman–Crippen MR) is 63.5 cm³/mol. The van der Waals surface area contributed by atoms with Gasteiger partial charge in [-0.15, -0.1) is 0 Å². The Bertz CT molecular complexity index is 209. The Balaban J connectivity index is 1.47. The lowest BCUT2D eigenvalue weighted by Crippen LogP contribution is -2.28. The van der Waals surface area contributed by atoms with E-state index in [1.807, 2.05) is 0 Å². The number of fused-ring (bicyclic) bond motifs is 1. The number of hydrogen-bond acceptors (Lipinski definition) is 1. The first-order chi connectivity index (χ1) is 7.36. The Morgan fingerprint density at radius 1 is 0.867 bits per heavy atom. The van der Waals surface area contributed by atoms with Crippen LogP contribution >= 0.6 is 0 Å². The largest absolute Gasteiger partial charge is 0.327 e. The molecule has 3 atom stereocenters. The van der Waals surface area contributed by atoms with Crippen LogP contribution in [0.3, 0.4) is 0 Å². The molecule has 3 saturated carbocycles. The topological polar surface area (TPSA) is 26.0 Å². The van der Waals surface area contributed by atoms with Gasteiger partial charge in [0, 0.05) is 6.04 Å². The molecule has 0 aromatic carbocycles. The monoisotopic (exact) mass is 207 g/mol. The van der Waals surface area contributed by atoms with Gasteiger partial charge in [-0.25, -0.2) is 0 Å². The third-order valence-corrected chi connectivity index (χ3v) is 5.30. The average Bonchev–Trinajstić information content (AvgIpc) is 2.75. The SMILES string of the molecule is NC(CC1CCCCC1)C1C2CCCC21. The Morgan fingerprint density at radius 2 is 1.53 bits per heavy atom. The van der Waals surface area contributed by atoms with Crippen molar-refractivity contribution in [2.45, 2.75) is 63.8 Å². The third-order valence-electron chi connectivity index (χ3n) is 5.30. The lowest BCUT2D eigenvalue weighted by atomic mass is 9.83. The van der Waals surface area contributed by atoms with Crippen molar-refractivity contribution < 1.29 is 0 Å². The van der Waals surface area contributed by atoms with Crippen LogP contribution in [0.1, 0.15) is 57.8 Å². The number of hydrogen-bond donors (Lipinski definition) is 1. The van der Waals surface area contributed by atoms with E-state index in [-0.39, 0.29) is 0 Å². The zero-order valence-electron chi connectivity index (χ0n) is 9.83. The first-order valence-electron chi connectivity index (χ1n) is 7.12. The molecule has 1 nitrogen and oxygen atoms in total. The summed E-state index contributed by atoms with van der Waals surface area (Å²) in [4.78, 5) is 0. The van der Waals surface area contributed by atoms with Gasteiger partial charge in [0.2, 0.25) is 0 Å². The molecule has 3 fully saturated rings. The van der Waals surface area contributed by atoms with E-state index in [4.69, 9.17) is 5.73 Å². The minimum atomic E-state index is 0.559. The van der Waals surface area contributed by atoms with Crippen LogP contribution in [0.25, 0.3) is 0 Å². The second-order valence-corrected chi connectivity index (χ2v) is 6.24. The highest BCUT2D eigenvalue weighted by Gasteiger charge is 2.54. The highest BCUT2D eigenvalue weighted by molar-refractivity contribution is 5.05. The standard InChI is InChI=1S/C14H25N/c15-13(9-10-5-2-1-3-6-10)14-11-7-4-8-12(11)14/h10-14H,1-9,15H2. The summed E-state index contributed by atoms with van der Waals surface area (Å²) in [5, 5.41) is 0. The molecule has 1 heteroatoms. The van der Waals surface area contributed by atoms with Crippen molar-refractivity contribution in [1.82, 2.24) is 0 Å². The Labute approximate surface area is 93.8 Å². The summed E-state index contributed by atoms with van der Waals surface area (Å²) >= 11 is 0. The molecule has 3 rings (SSSR count). The average molecular weight is 207 g/mol. The summed E-state index contributed by atoms with van der Waals surface area (Å²) in [7, 11) is 0. The maximum atomic E-state index is 6.40. The van der Waals surface area contributed by atoms with Crippen LogP contribution in [-0.4, -0.2) is 6.04 Å². The summed E-state index contributed by atoms with van der Waals surface area (Å²) in [6.07, 6.45) is 13.2. The second-order valence-electron chi connectivity index (χ2n) is 6.24. The van der Waals surface area contributed by atoms with Crippen LogP contribution in [0.2, 0.25) is 0 Å². The normalized spacial score (nSPS) is 42.6. The first kappa shape index (κ1) is 10.1. The highest BCUT2D eigenvalue weighted by Crippen LogP contribution is 2.59. The molecule has 0 amide bonds.